The summed E-state index contributed by atoms with van der Waals surface area (Å²) in [5.41, 5.74) is 8.06. The van der Waals surface area contributed by atoms with Gasteiger partial charge in [-0.2, -0.15) is 0 Å². The quantitative estimate of drug-likeness (QED) is 0.655. The number of pyridine rings is 1. The Morgan fingerprint density at radius 3 is 2.88 bits per heavy atom. The van der Waals surface area contributed by atoms with Crippen molar-refractivity contribution in [2.75, 3.05) is 18.6 Å². The maximum absolute atomic E-state index is 5.50. The number of anilines is 1. The fourth-order valence-corrected chi connectivity index (χ4v) is 4.85. The van der Waals surface area contributed by atoms with E-state index in [1.54, 1.807) is 7.11 Å². The van der Waals surface area contributed by atoms with Crippen LogP contribution in [-0.2, 0) is 12.8 Å². The summed E-state index contributed by atoms with van der Waals surface area (Å²) in [6.45, 7) is 3.23. The second-order valence-electron chi connectivity index (χ2n) is 7.46. The third kappa shape index (κ3) is 2.30. The van der Waals surface area contributed by atoms with Crippen molar-refractivity contribution < 1.29 is 4.74 Å². The smallest absolute Gasteiger partial charge is 0.119 e. The molecule has 0 radical (unpaired) electrons. The van der Waals surface area contributed by atoms with E-state index in [9.17, 15) is 0 Å². The lowest BCUT2D eigenvalue weighted by atomic mass is 9.86. The number of methoxy groups -OCH3 is 1. The molecule has 0 N–H and O–H groups in total. The maximum Gasteiger partial charge on any atom is 0.119 e. The fourth-order valence-electron chi connectivity index (χ4n) is 4.85. The minimum atomic E-state index is 0.470. The van der Waals surface area contributed by atoms with E-state index >= 15 is 0 Å². The molecule has 3 heteroatoms. The van der Waals surface area contributed by atoms with Gasteiger partial charge < -0.3 is 9.64 Å². The van der Waals surface area contributed by atoms with Gasteiger partial charge in [-0.1, -0.05) is 24.3 Å². The van der Waals surface area contributed by atoms with E-state index in [2.05, 4.69) is 48.2 Å². The van der Waals surface area contributed by atoms with Gasteiger partial charge in [-0.3, -0.25) is 4.98 Å². The summed E-state index contributed by atoms with van der Waals surface area (Å²) in [6.07, 6.45) is 4.78. The van der Waals surface area contributed by atoms with Gasteiger partial charge in [-0.05, 0) is 67.5 Å². The molecule has 1 aliphatic carbocycles. The number of fused-ring (bicyclic) bond motifs is 4. The van der Waals surface area contributed by atoms with Crippen molar-refractivity contribution in [1.82, 2.24) is 4.98 Å². The minimum absolute atomic E-state index is 0.470. The second kappa shape index (κ2) is 6.01. The standard InChI is InChI=1S/C23H24N2O/c1-15-18-12-13-25(22-9-5-7-16-6-3-4-8-19(16)22)23(18)20-14-17(26-2)10-11-21(20)24-15/h3-4,6,8,10-11,14,22H,5,7,9,12-13H2,1-2H3. The van der Waals surface area contributed by atoms with Crippen LogP contribution in [0.5, 0.6) is 5.75 Å². The van der Waals surface area contributed by atoms with Crippen molar-refractivity contribution in [3.05, 3.63) is 64.8 Å². The summed E-state index contributed by atoms with van der Waals surface area (Å²) >= 11 is 0. The Kier molecular flexibility index (Phi) is 3.63. The normalized spacial score (nSPS) is 18.7. The number of aryl methyl sites for hydroxylation is 2. The van der Waals surface area contributed by atoms with Crippen LogP contribution in [0, 0.1) is 6.92 Å². The van der Waals surface area contributed by atoms with E-state index in [0.717, 1.165) is 24.2 Å². The molecule has 1 atom stereocenters. The first-order valence-corrected chi connectivity index (χ1v) is 9.58. The number of rotatable bonds is 2. The SMILES string of the molecule is COc1ccc2nc(C)c3c(c2c1)N(C1CCCc2ccccc21)CC3. The van der Waals surface area contributed by atoms with E-state index in [-0.39, 0.29) is 0 Å². The van der Waals surface area contributed by atoms with Crippen molar-refractivity contribution in [3.8, 4) is 5.75 Å². The Bertz CT molecular complexity index is 995. The van der Waals surface area contributed by atoms with Crippen molar-refractivity contribution in [2.24, 2.45) is 0 Å². The Morgan fingerprint density at radius 1 is 1.12 bits per heavy atom. The van der Waals surface area contributed by atoms with Gasteiger partial charge in [0, 0.05) is 17.6 Å². The first-order chi connectivity index (χ1) is 12.8. The second-order valence-corrected chi connectivity index (χ2v) is 7.46. The molecule has 132 valence electrons. The molecule has 2 aromatic carbocycles. The fraction of sp³-hybridized carbons (Fsp3) is 0.348. The van der Waals surface area contributed by atoms with Crippen LogP contribution in [0.3, 0.4) is 0 Å². The predicted molar refractivity (Wildman–Crippen MR) is 106 cm³/mol. The van der Waals surface area contributed by atoms with Crippen LogP contribution in [0.2, 0.25) is 0 Å². The molecule has 1 aliphatic heterocycles. The van der Waals surface area contributed by atoms with Crippen molar-refractivity contribution >= 4 is 16.6 Å². The van der Waals surface area contributed by atoms with Gasteiger partial charge in [-0.15, -0.1) is 0 Å². The maximum atomic E-state index is 5.50. The molecule has 0 amide bonds. The highest BCUT2D eigenvalue weighted by Crippen LogP contribution is 2.45. The monoisotopic (exact) mass is 344 g/mol. The summed E-state index contributed by atoms with van der Waals surface area (Å²) in [6, 6.07) is 15.7. The van der Waals surface area contributed by atoms with Gasteiger partial charge in [0.1, 0.15) is 5.75 Å². The van der Waals surface area contributed by atoms with Gasteiger partial charge in [0.25, 0.3) is 0 Å². The molecule has 0 saturated carbocycles. The summed E-state index contributed by atoms with van der Waals surface area (Å²) in [4.78, 5) is 7.51. The molecular weight excluding hydrogens is 320 g/mol. The Hall–Kier alpha value is -2.55. The zero-order valence-corrected chi connectivity index (χ0v) is 15.5. The van der Waals surface area contributed by atoms with E-state index in [1.807, 2.05) is 6.07 Å². The molecule has 26 heavy (non-hydrogen) atoms. The third-order valence-electron chi connectivity index (χ3n) is 6.07. The van der Waals surface area contributed by atoms with Gasteiger partial charge in [0.05, 0.1) is 24.4 Å². The minimum Gasteiger partial charge on any atom is -0.497 e. The molecule has 5 rings (SSSR count). The molecule has 0 bridgehead atoms. The summed E-state index contributed by atoms with van der Waals surface area (Å²) in [7, 11) is 1.73. The first kappa shape index (κ1) is 15.7. The molecule has 2 aliphatic rings. The molecule has 0 fully saturated rings. The van der Waals surface area contributed by atoms with Gasteiger partial charge >= 0.3 is 0 Å². The van der Waals surface area contributed by atoms with Crippen LogP contribution in [0.1, 0.15) is 41.3 Å². The van der Waals surface area contributed by atoms with E-state index < -0.39 is 0 Å². The number of benzene rings is 2. The largest absolute Gasteiger partial charge is 0.497 e. The van der Waals surface area contributed by atoms with Crippen LogP contribution in [-0.4, -0.2) is 18.6 Å². The lowest BCUT2D eigenvalue weighted by Crippen LogP contribution is -2.29. The van der Waals surface area contributed by atoms with Crippen molar-refractivity contribution in [2.45, 2.75) is 38.6 Å². The molecule has 0 spiro atoms. The Labute approximate surface area is 154 Å². The van der Waals surface area contributed by atoms with Crippen LogP contribution < -0.4 is 9.64 Å². The van der Waals surface area contributed by atoms with E-state index in [0.29, 0.717) is 6.04 Å². The van der Waals surface area contributed by atoms with Gasteiger partial charge in [-0.25, -0.2) is 0 Å². The Morgan fingerprint density at radius 2 is 2.00 bits per heavy atom. The summed E-state index contributed by atoms with van der Waals surface area (Å²) in [5.74, 6) is 0.904. The van der Waals surface area contributed by atoms with Crippen LogP contribution in [0.25, 0.3) is 10.9 Å². The highest BCUT2D eigenvalue weighted by molar-refractivity contribution is 5.96. The van der Waals surface area contributed by atoms with Crippen LogP contribution in [0.4, 0.5) is 5.69 Å². The first-order valence-electron chi connectivity index (χ1n) is 9.58. The average molecular weight is 344 g/mol. The molecular formula is C23H24N2O. The van der Waals surface area contributed by atoms with Crippen molar-refractivity contribution in [1.29, 1.82) is 0 Å². The number of hydrogen-bond donors (Lipinski definition) is 0. The summed E-state index contributed by atoms with van der Waals surface area (Å²) < 4.78 is 5.50. The molecule has 3 aromatic rings. The van der Waals surface area contributed by atoms with E-state index in [1.165, 1.54) is 52.7 Å². The molecule has 0 saturated heterocycles. The number of aromatic nitrogens is 1. The van der Waals surface area contributed by atoms with E-state index in [4.69, 9.17) is 9.72 Å². The molecule has 2 heterocycles. The number of ether oxygens (including phenoxy) is 1. The zero-order chi connectivity index (χ0) is 17.7. The highest BCUT2D eigenvalue weighted by Gasteiger charge is 2.32. The van der Waals surface area contributed by atoms with Crippen LogP contribution >= 0.6 is 0 Å². The van der Waals surface area contributed by atoms with Gasteiger partial charge in [0.15, 0.2) is 0 Å². The average Bonchev–Trinajstić information content (AvgIpc) is 3.13. The highest BCUT2D eigenvalue weighted by atomic mass is 16.5. The molecule has 3 nitrogen and oxygen atoms in total. The van der Waals surface area contributed by atoms with Gasteiger partial charge in [0.2, 0.25) is 0 Å². The van der Waals surface area contributed by atoms with Crippen LogP contribution in [0.15, 0.2) is 42.5 Å². The van der Waals surface area contributed by atoms with Crippen molar-refractivity contribution in [3.63, 3.8) is 0 Å². The number of hydrogen-bond acceptors (Lipinski definition) is 3. The zero-order valence-electron chi connectivity index (χ0n) is 15.5. The lowest BCUT2D eigenvalue weighted by Gasteiger charge is -2.35. The predicted octanol–water partition coefficient (Wildman–Crippen LogP) is 4.99. The third-order valence-corrected chi connectivity index (χ3v) is 6.07. The topological polar surface area (TPSA) is 25.4 Å². The Balaban J connectivity index is 1.70. The summed E-state index contributed by atoms with van der Waals surface area (Å²) in [5, 5.41) is 1.23. The molecule has 1 unspecified atom stereocenters. The number of nitrogens with zero attached hydrogens (tertiary/aromatic N) is 2. The molecule has 1 aromatic heterocycles. The lowest BCUT2D eigenvalue weighted by molar-refractivity contribution is 0.415.